The molecular formula is C27H35NO. The molecule has 1 aliphatic rings. The van der Waals surface area contributed by atoms with E-state index in [2.05, 4.69) is 37.3 Å². The molecule has 2 heteroatoms. The van der Waals surface area contributed by atoms with E-state index in [4.69, 9.17) is 0 Å². The molecule has 0 unspecified atom stereocenters. The summed E-state index contributed by atoms with van der Waals surface area (Å²) < 4.78 is 0. The van der Waals surface area contributed by atoms with Crippen molar-refractivity contribution in [2.75, 3.05) is 0 Å². The van der Waals surface area contributed by atoms with Crippen LogP contribution in [0.5, 0.6) is 5.75 Å². The number of phenolic OH excluding ortho intramolecular Hbond substituents is 1. The van der Waals surface area contributed by atoms with Gasteiger partial charge in [-0.1, -0.05) is 81.8 Å². The van der Waals surface area contributed by atoms with E-state index in [-0.39, 0.29) is 5.41 Å². The predicted octanol–water partition coefficient (Wildman–Crippen LogP) is 7.98. The van der Waals surface area contributed by atoms with Crippen LogP contribution in [0.15, 0.2) is 48.5 Å². The van der Waals surface area contributed by atoms with Crippen molar-refractivity contribution in [3.63, 3.8) is 0 Å². The van der Waals surface area contributed by atoms with E-state index >= 15 is 0 Å². The molecule has 0 bridgehead atoms. The van der Waals surface area contributed by atoms with E-state index in [1.807, 2.05) is 12.1 Å². The van der Waals surface area contributed by atoms with E-state index in [1.165, 1.54) is 49.7 Å². The molecule has 2 aromatic carbocycles. The van der Waals surface area contributed by atoms with Gasteiger partial charge in [-0.15, -0.1) is 0 Å². The van der Waals surface area contributed by atoms with E-state index in [9.17, 15) is 10.4 Å². The van der Waals surface area contributed by atoms with Crippen LogP contribution >= 0.6 is 0 Å². The van der Waals surface area contributed by atoms with Gasteiger partial charge in [0.25, 0.3) is 0 Å². The first kappa shape index (κ1) is 21.4. The molecule has 0 aliphatic heterocycles. The summed E-state index contributed by atoms with van der Waals surface area (Å²) in [6.45, 7) is 2.25. The van der Waals surface area contributed by atoms with Crippen LogP contribution in [0.3, 0.4) is 0 Å². The van der Waals surface area contributed by atoms with E-state index in [1.54, 1.807) is 12.1 Å². The Morgan fingerprint density at radius 1 is 0.862 bits per heavy atom. The maximum atomic E-state index is 9.85. The van der Waals surface area contributed by atoms with Crippen molar-refractivity contribution in [2.24, 2.45) is 5.41 Å². The van der Waals surface area contributed by atoms with Crippen molar-refractivity contribution in [3.8, 4) is 22.9 Å². The van der Waals surface area contributed by atoms with Gasteiger partial charge in [0.1, 0.15) is 5.75 Å². The molecule has 29 heavy (non-hydrogen) atoms. The molecule has 0 saturated heterocycles. The predicted molar refractivity (Wildman–Crippen MR) is 121 cm³/mol. The monoisotopic (exact) mass is 389 g/mol. The summed E-state index contributed by atoms with van der Waals surface area (Å²) in [5, 5.41) is 19.3. The molecule has 0 atom stereocenters. The molecule has 0 radical (unpaired) electrons. The molecule has 1 fully saturated rings. The molecule has 1 aliphatic carbocycles. The Bertz CT molecular complexity index is 777. The Kier molecular flexibility index (Phi) is 7.76. The first-order valence-corrected chi connectivity index (χ1v) is 11.5. The average molecular weight is 390 g/mol. The summed E-state index contributed by atoms with van der Waals surface area (Å²) in [5.74, 6) is 0.879. The molecule has 3 rings (SSSR count). The number of aromatic hydroxyl groups is 1. The molecular weight excluding hydrogens is 354 g/mol. The van der Waals surface area contributed by atoms with Gasteiger partial charge in [0, 0.05) is 0 Å². The third-order valence-corrected chi connectivity index (χ3v) is 6.77. The Balaban J connectivity index is 1.51. The van der Waals surface area contributed by atoms with Crippen molar-refractivity contribution in [1.29, 1.82) is 5.26 Å². The van der Waals surface area contributed by atoms with E-state index in [0.29, 0.717) is 11.7 Å². The van der Waals surface area contributed by atoms with Crippen LogP contribution in [0.25, 0.3) is 11.1 Å². The lowest BCUT2D eigenvalue weighted by Gasteiger charge is -2.35. The minimum absolute atomic E-state index is 0.0762. The topological polar surface area (TPSA) is 44.0 Å². The fourth-order valence-corrected chi connectivity index (χ4v) is 4.77. The number of phenols is 1. The highest BCUT2D eigenvalue weighted by Crippen LogP contribution is 2.45. The lowest BCUT2D eigenvalue weighted by atomic mass is 9.67. The fourth-order valence-electron chi connectivity index (χ4n) is 4.77. The largest absolute Gasteiger partial charge is 0.508 e. The Labute approximate surface area is 176 Å². The number of nitriles is 1. The lowest BCUT2D eigenvalue weighted by molar-refractivity contribution is 0.223. The smallest absolute Gasteiger partial charge is 0.115 e. The summed E-state index contributed by atoms with van der Waals surface area (Å²) >= 11 is 0. The van der Waals surface area contributed by atoms with Gasteiger partial charge in [-0.05, 0) is 66.8 Å². The molecule has 0 heterocycles. The van der Waals surface area contributed by atoms with Crippen LogP contribution in [0.4, 0.5) is 0 Å². The van der Waals surface area contributed by atoms with Crippen LogP contribution < -0.4 is 0 Å². The fraction of sp³-hybridized carbons (Fsp3) is 0.519. The van der Waals surface area contributed by atoms with Crippen LogP contribution in [0.1, 0.15) is 89.0 Å². The van der Waals surface area contributed by atoms with Crippen molar-refractivity contribution in [3.05, 3.63) is 54.1 Å². The first-order chi connectivity index (χ1) is 14.2. The number of hydrogen-bond donors (Lipinski definition) is 1. The molecule has 0 amide bonds. The Morgan fingerprint density at radius 3 is 2.00 bits per heavy atom. The summed E-state index contributed by atoms with van der Waals surface area (Å²) in [7, 11) is 0. The minimum Gasteiger partial charge on any atom is -0.508 e. The molecule has 1 N–H and O–H groups in total. The highest BCUT2D eigenvalue weighted by Gasteiger charge is 2.35. The van der Waals surface area contributed by atoms with Gasteiger partial charge in [0.05, 0.1) is 11.5 Å². The normalized spacial score (nSPS) is 21.6. The van der Waals surface area contributed by atoms with Crippen molar-refractivity contribution in [2.45, 2.75) is 83.5 Å². The number of rotatable bonds is 9. The second kappa shape index (κ2) is 10.5. The Hall–Kier alpha value is -2.27. The number of unbranched alkanes of at least 4 members (excludes halogenated alkanes) is 5. The van der Waals surface area contributed by atoms with Crippen LogP contribution in [0, 0.1) is 16.7 Å². The molecule has 0 aromatic heterocycles. The highest BCUT2D eigenvalue weighted by atomic mass is 16.3. The lowest BCUT2D eigenvalue weighted by Crippen LogP contribution is -2.25. The molecule has 2 aromatic rings. The summed E-state index contributed by atoms with van der Waals surface area (Å²) in [5.41, 5.74) is 3.63. The van der Waals surface area contributed by atoms with Gasteiger partial charge < -0.3 is 5.11 Å². The van der Waals surface area contributed by atoms with E-state index in [0.717, 1.165) is 37.7 Å². The molecule has 154 valence electrons. The number of benzene rings is 2. The van der Waals surface area contributed by atoms with Crippen molar-refractivity contribution >= 4 is 0 Å². The third kappa shape index (κ3) is 5.86. The van der Waals surface area contributed by atoms with Gasteiger partial charge in [0.2, 0.25) is 0 Å². The van der Waals surface area contributed by atoms with Crippen molar-refractivity contribution in [1.82, 2.24) is 0 Å². The summed E-state index contributed by atoms with van der Waals surface area (Å²) in [6, 6.07) is 18.9. The van der Waals surface area contributed by atoms with E-state index < -0.39 is 0 Å². The highest BCUT2D eigenvalue weighted by molar-refractivity contribution is 5.64. The van der Waals surface area contributed by atoms with Gasteiger partial charge in [0.15, 0.2) is 0 Å². The third-order valence-electron chi connectivity index (χ3n) is 6.77. The van der Waals surface area contributed by atoms with Gasteiger partial charge in [-0.3, -0.25) is 0 Å². The second-order valence-electron chi connectivity index (χ2n) is 8.85. The zero-order valence-electron chi connectivity index (χ0n) is 17.9. The number of nitrogens with zero attached hydrogens (tertiary/aromatic N) is 1. The molecule has 2 nitrogen and oxygen atoms in total. The molecule has 1 saturated carbocycles. The second-order valence-corrected chi connectivity index (χ2v) is 8.85. The standard InChI is InChI=1S/C27H35NO/c1-2-3-4-5-6-7-18-27(21-28)19-16-25(17-20-27)23-10-8-22(9-11-23)24-12-14-26(29)15-13-24/h8-15,25,29H,2-7,16-20H2,1H3. The minimum atomic E-state index is -0.0762. The molecule has 0 spiro atoms. The maximum Gasteiger partial charge on any atom is 0.115 e. The van der Waals surface area contributed by atoms with Gasteiger partial charge >= 0.3 is 0 Å². The van der Waals surface area contributed by atoms with Crippen LogP contribution in [0.2, 0.25) is 0 Å². The average Bonchev–Trinajstić information content (AvgIpc) is 2.77. The SMILES string of the molecule is CCCCCCCCC1(C#N)CCC(c2ccc(-c3ccc(O)cc3)cc2)CC1. The maximum absolute atomic E-state index is 9.85. The van der Waals surface area contributed by atoms with Crippen molar-refractivity contribution < 1.29 is 5.11 Å². The Morgan fingerprint density at radius 2 is 1.41 bits per heavy atom. The first-order valence-electron chi connectivity index (χ1n) is 11.5. The zero-order valence-corrected chi connectivity index (χ0v) is 17.9. The number of hydrogen-bond acceptors (Lipinski definition) is 2. The van der Waals surface area contributed by atoms with Gasteiger partial charge in [-0.2, -0.15) is 5.26 Å². The zero-order chi connectivity index (χ0) is 20.5. The quantitative estimate of drug-likeness (QED) is 0.442. The van der Waals surface area contributed by atoms with Crippen LogP contribution in [-0.4, -0.2) is 5.11 Å². The summed E-state index contributed by atoms with van der Waals surface area (Å²) in [4.78, 5) is 0. The summed E-state index contributed by atoms with van der Waals surface area (Å²) in [6.07, 6.45) is 13.2. The van der Waals surface area contributed by atoms with Crippen LogP contribution in [-0.2, 0) is 0 Å². The van der Waals surface area contributed by atoms with Gasteiger partial charge in [-0.25, -0.2) is 0 Å².